The van der Waals surface area contributed by atoms with Gasteiger partial charge in [0.25, 0.3) is 0 Å². The monoisotopic (exact) mass is 287 g/mol. The number of nitrogens with one attached hydrogen (secondary N) is 1. The summed E-state index contributed by atoms with van der Waals surface area (Å²) in [7, 11) is 3.57. The van der Waals surface area contributed by atoms with Crippen LogP contribution in [0.2, 0.25) is 0 Å². The minimum Gasteiger partial charge on any atom is -0.377 e. The average molecular weight is 287 g/mol. The number of hydrogen-bond acceptors (Lipinski definition) is 6. The Morgan fingerprint density at radius 2 is 1.95 bits per heavy atom. The van der Waals surface area contributed by atoms with Crippen molar-refractivity contribution < 1.29 is 4.74 Å². The number of nitrogens with two attached hydrogens (primary N) is 1. The highest BCUT2D eigenvalue weighted by Gasteiger charge is 2.10. The lowest BCUT2D eigenvalue weighted by atomic mass is 10.1. The quantitative estimate of drug-likeness (QED) is 0.627. The number of aromatic nitrogens is 2. The van der Waals surface area contributed by atoms with Crippen LogP contribution in [0.1, 0.15) is 18.3 Å². The summed E-state index contributed by atoms with van der Waals surface area (Å²) in [6, 6.07) is 10.2. The van der Waals surface area contributed by atoms with Crippen molar-refractivity contribution in [3.8, 4) is 0 Å². The fourth-order valence-corrected chi connectivity index (χ4v) is 2.01. The predicted molar refractivity (Wildman–Crippen MR) is 84.4 cm³/mol. The third-order valence-electron chi connectivity index (χ3n) is 3.26. The van der Waals surface area contributed by atoms with E-state index in [4.69, 9.17) is 10.6 Å². The molecule has 0 aliphatic rings. The van der Waals surface area contributed by atoms with Crippen molar-refractivity contribution in [2.75, 3.05) is 24.5 Å². The molecule has 1 aromatic carbocycles. The molecule has 0 spiro atoms. The van der Waals surface area contributed by atoms with E-state index >= 15 is 0 Å². The normalized spacial score (nSPS) is 10.5. The minimum atomic E-state index is 0.338. The molecule has 2 aromatic rings. The van der Waals surface area contributed by atoms with Gasteiger partial charge in [0.1, 0.15) is 18.2 Å². The summed E-state index contributed by atoms with van der Waals surface area (Å²) >= 11 is 0. The first-order valence-electron chi connectivity index (χ1n) is 6.84. The van der Waals surface area contributed by atoms with E-state index < -0.39 is 0 Å². The molecule has 0 saturated heterocycles. The van der Waals surface area contributed by atoms with E-state index in [1.807, 2.05) is 11.9 Å². The van der Waals surface area contributed by atoms with E-state index in [0.717, 1.165) is 17.9 Å². The van der Waals surface area contributed by atoms with Gasteiger partial charge in [0.15, 0.2) is 5.82 Å². The van der Waals surface area contributed by atoms with Crippen LogP contribution in [-0.2, 0) is 17.8 Å². The molecule has 0 fully saturated rings. The Morgan fingerprint density at radius 1 is 1.24 bits per heavy atom. The van der Waals surface area contributed by atoms with Crippen LogP contribution < -0.4 is 16.2 Å². The third-order valence-corrected chi connectivity index (χ3v) is 3.26. The molecule has 1 heterocycles. The number of methoxy groups -OCH3 is 1. The summed E-state index contributed by atoms with van der Waals surface area (Å²) in [5.41, 5.74) is 4.92. The van der Waals surface area contributed by atoms with Crippen molar-refractivity contribution >= 4 is 17.3 Å². The molecule has 0 saturated carbocycles. The lowest BCUT2D eigenvalue weighted by Gasteiger charge is -2.20. The number of ether oxygens (including phenoxy) is 1. The molecule has 0 amide bonds. The Bertz CT molecular complexity index is 585. The summed E-state index contributed by atoms with van der Waals surface area (Å²) in [5, 5.41) is 0. The number of hydrogen-bond donors (Lipinski definition) is 2. The summed E-state index contributed by atoms with van der Waals surface area (Å²) < 4.78 is 5.09. The van der Waals surface area contributed by atoms with Gasteiger partial charge in [0, 0.05) is 25.9 Å². The van der Waals surface area contributed by atoms with Gasteiger partial charge in [-0.05, 0) is 24.1 Å². The molecule has 2 rings (SSSR count). The minimum absolute atomic E-state index is 0.338. The van der Waals surface area contributed by atoms with E-state index in [0.29, 0.717) is 18.2 Å². The first-order chi connectivity index (χ1) is 10.2. The van der Waals surface area contributed by atoms with Gasteiger partial charge in [-0.25, -0.2) is 15.8 Å². The molecule has 1 aromatic heterocycles. The van der Waals surface area contributed by atoms with Crippen molar-refractivity contribution in [1.29, 1.82) is 0 Å². The zero-order valence-electron chi connectivity index (χ0n) is 12.6. The lowest BCUT2D eigenvalue weighted by molar-refractivity contribution is 0.178. The Labute approximate surface area is 124 Å². The molecular formula is C15H21N5O. The lowest BCUT2D eigenvalue weighted by Crippen LogP contribution is -2.16. The van der Waals surface area contributed by atoms with Gasteiger partial charge < -0.3 is 15.1 Å². The number of benzene rings is 1. The number of hydrazine groups is 1. The molecule has 3 N–H and O–H groups in total. The van der Waals surface area contributed by atoms with Crippen molar-refractivity contribution in [3.63, 3.8) is 0 Å². The standard InChI is InChI=1S/C15H21N5O/c1-4-11-5-7-12(8-6-11)20(2)15-9-13(19-16)17-14(18-15)10-21-3/h5-9H,4,10,16H2,1-3H3,(H,17,18,19). The maximum Gasteiger partial charge on any atom is 0.158 e. The summed E-state index contributed by atoms with van der Waals surface area (Å²) in [5.74, 6) is 7.36. The van der Waals surface area contributed by atoms with Crippen molar-refractivity contribution in [2.45, 2.75) is 20.0 Å². The van der Waals surface area contributed by atoms with Gasteiger partial charge in [-0.2, -0.15) is 0 Å². The van der Waals surface area contributed by atoms with Crippen molar-refractivity contribution in [1.82, 2.24) is 9.97 Å². The second-order valence-corrected chi connectivity index (χ2v) is 4.68. The van der Waals surface area contributed by atoms with Crippen LogP contribution in [0.3, 0.4) is 0 Å². The molecule has 0 unspecified atom stereocenters. The van der Waals surface area contributed by atoms with Crippen LogP contribution in [0.25, 0.3) is 0 Å². The molecular weight excluding hydrogens is 266 g/mol. The highest BCUT2D eigenvalue weighted by Crippen LogP contribution is 2.24. The van der Waals surface area contributed by atoms with Crippen molar-refractivity contribution in [2.24, 2.45) is 5.84 Å². The highest BCUT2D eigenvalue weighted by molar-refractivity contribution is 5.61. The zero-order valence-corrected chi connectivity index (χ0v) is 12.6. The molecule has 6 nitrogen and oxygen atoms in total. The van der Waals surface area contributed by atoms with E-state index in [1.165, 1.54) is 5.56 Å². The number of anilines is 3. The maximum atomic E-state index is 5.46. The Morgan fingerprint density at radius 3 is 2.52 bits per heavy atom. The average Bonchev–Trinajstić information content (AvgIpc) is 2.54. The molecule has 21 heavy (non-hydrogen) atoms. The smallest absolute Gasteiger partial charge is 0.158 e. The fourth-order valence-electron chi connectivity index (χ4n) is 2.01. The van der Waals surface area contributed by atoms with Crippen LogP contribution in [0.15, 0.2) is 30.3 Å². The second-order valence-electron chi connectivity index (χ2n) is 4.68. The fraction of sp³-hybridized carbons (Fsp3) is 0.333. The van der Waals surface area contributed by atoms with Crippen LogP contribution in [0.4, 0.5) is 17.3 Å². The molecule has 112 valence electrons. The van der Waals surface area contributed by atoms with Crippen LogP contribution >= 0.6 is 0 Å². The molecule has 0 radical (unpaired) electrons. The molecule has 0 aliphatic heterocycles. The van der Waals surface area contributed by atoms with E-state index in [1.54, 1.807) is 13.2 Å². The van der Waals surface area contributed by atoms with Crippen LogP contribution in [0, 0.1) is 0 Å². The molecule has 0 atom stereocenters. The second kappa shape index (κ2) is 7.01. The van der Waals surface area contributed by atoms with Gasteiger partial charge in [0.05, 0.1) is 0 Å². The van der Waals surface area contributed by atoms with Gasteiger partial charge in [-0.15, -0.1) is 0 Å². The first-order valence-corrected chi connectivity index (χ1v) is 6.84. The van der Waals surface area contributed by atoms with Gasteiger partial charge in [0.2, 0.25) is 0 Å². The largest absolute Gasteiger partial charge is 0.377 e. The predicted octanol–water partition coefficient (Wildman–Crippen LogP) is 2.24. The van der Waals surface area contributed by atoms with Gasteiger partial charge in [-0.1, -0.05) is 19.1 Å². The molecule has 6 heteroatoms. The number of rotatable bonds is 6. The Kier molecular flexibility index (Phi) is 5.08. The first kappa shape index (κ1) is 15.2. The van der Waals surface area contributed by atoms with Gasteiger partial charge in [-0.3, -0.25) is 0 Å². The van der Waals surface area contributed by atoms with Crippen molar-refractivity contribution in [3.05, 3.63) is 41.7 Å². The summed E-state index contributed by atoms with van der Waals surface area (Å²) in [6.45, 7) is 2.48. The van der Waals surface area contributed by atoms with E-state index in [-0.39, 0.29) is 0 Å². The number of aryl methyl sites for hydroxylation is 1. The highest BCUT2D eigenvalue weighted by atomic mass is 16.5. The number of nitrogens with zero attached hydrogens (tertiary/aromatic N) is 3. The van der Waals surface area contributed by atoms with E-state index in [2.05, 4.69) is 46.6 Å². The van der Waals surface area contributed by atoms with Crippen LogP contribution in [0.5, 0.6) is 0 Å². The summed E-state index contributed by atoms with van der Waals surface area (Å²) in [4.78, 5) is 10.7. The van der Waals surface area contributed by atoms with Gasteiger partial charge >= 0.3 is 0 Å². The zero-order chi connectivity index (χ0) is 15.2. The number of nitrogen functional groups attached to an aromatic ring is 1. The third kappa shape index (κ3) is 3.68. The molecule has 0 bridgehead atoms. The molecule has 0 aliphatic carbocycles. The van der Waals surface area contributed by atoms with E-state index in [9.17, 15) is 0 Å². The topological polar surface area (TPSA) is 76.3 Å². The summed E-state index contributed by atoms with van der Waals surface area (Å²) in [6.07, 6.45) is 1.02. The maximum absolute atomic E-state index is 5.46. The Hall–Kier alpha value is -2.18. The Balaban J connectivity index is 2.31. The SMILES string of the molecule is CCc1ccc(N(C)c2cc(NN)nc(COC)n2)cc1. The van der Waals surface area contributed by atoms with Crippen LogP contribution in [-0.4, -0.2) is 24.1 Å².